The molecule has 0 bridgehead atoms. The molecule has 1 aromatic carbocycles. The summed E-state index contributed by atoms with van der Waals surface area (Å²) in [5.74, 6) is 0.0672. The second-order valence-corrected chi connectivity index (χ2v) is 6.33. The Morgan fingerprint density at radius 1 is 1.21 bits per heavy atom. The van der Waals surface area contributed by atoms with Gasteiger partial charge >= 0.3 is 0 Å². The maximum Gasteiger partial charge on any atom is 0.270 e. The van der Waals surface area contributed by atoms with Gasteiger partial charge in [-0.1, -0.05) is 23.2 Å². The smallest absolute Gasteiger partial charge is 0.270 e. The number of nitrogens with one attached hydrogen (secondary N) is 2. The Hall–Kier alpha value is -1.89. The minimum Gasteiger partial charge on any atom is -0.351 e. The van der Waals surface area contributed by atoms with Crippen LogP contribution in [0.4, 0.5) is 11.6 Å². The zero-order chi connectivity index (χ0) is 17.5. The van der Waals surface area contributed by atoms with E-state index in [1.807, 2.05) is 14.1 Å². The van der Waals surface area contributed by atoms with E-state index < -0.39 is 0 Å². The molecule has 0 fully saturated rings. The number of carbonyl (C=O) groups is 1. The predicted octanol–water partition coefficient (Wildman–Crippen LogP) is 3.21. The third-order valence-corrected chi connectivity index (χ3v) is 3.51. The first-order valence-corrected chi connectivity index (χ1v) is 8.19. The summed E-state index contributed by atoms with van der Waals surface area (Å²) < 4.78 is 0. The van der Waals surface area contributed by atoms with Gasteiger partial charge in [0.15, 0.2) is 0 Å². The lowest BCUT2D eigenvalue weighted by Crippen LogP contribution is -2.28. The van der Waals surface area contributed by atoms with Crippen molar-refractivity contribution in [2.45, 2.75) is 6.42 Å². The van der Waals surface area contributed by atoms with E-state index in [0.717, 1.165) is 13.0 Å². The van der Waals surface area contributed by atoms with Gasteiger partial charge in [0.05, 0.1) is 0 Å². The van der Waals surface area contributed by atoms with Gasteiger partial charge in [-0.2, -0.15) is 0 Å². The Labute approximate surface area is 151 Å². The Bertz CT molecular complexity index is 688. The molecule has 2 rings (SSSR count). The van der Waals surface area contributed by atoms with Crippen LogP contribution < -0.4 is 10.6 Å². The molecule has 128 valence electrons. The fourth-order valence-corrected chi connectivity index (χ4v) is 2.51. The van der Waals surface area contributed by atoms with Gasteiger partial charge in [0.2, 0.25) is 5.95 Å². The number of amides is 1. The first kappa shape index (κ1) is 18.4. The number of hydrogen-bond acceptors (Lipinski definition) is 5. The average Bonchev–Trinajstić information content (AvgIpc) is 2.50. The van der Waals surface area contributed by atoms with E-state index >= 15 is 0 Å². The van der Waals surface area contributed by atoms with Crippen molar-refractivity contribution in [3.05, 3.63) is 46.2 Å². The SMILES string of the molecule is CN(C)CCCNC(=O)c1ccnc(Nc2cc(Cl)cc(Cl)c2)n1. The molecule has 0 aliphatic carbocycles. The van der Waals surface area contributed by atoms with E-state index in [9.17, 15) is 4.79 Å². The molecule has 2 aromatic rings. The van der Waals surface area contributed by atoms with Gasteiger partial charge < -0.3 is 15.5 Å². The molecule has 6 nitrogen and oxygen atoms in total. The van der Waals surface area contributed by atoms with Gasteiger partial charge in [-0.3, -0.25) is 4.79 Å². The van der Waals surface area contributed by atoms with E-state index in [1.165, 1.54) is 6.20 Å². The summed E-state index contributed by atoms with van der Waals surface area (Å²) in [6, 6.07) is 6.60. The van der Waals surface area contributed by atoms with Gasteiger partial charge in [0.25, 0.3) is 5.91 Å². The molecule has 0 saturated carbocycles. The first-order chi connectivity index (χ1) is 11.4. The van der Waals surface area contributed by atoms with E-state index in [1.54, 1.807) is 24.3 Å². The van der Waals surface area contributed by atoms with Crippen molar-refractivity contribution in [2.75, 3.05) is 32.5 Å². The number of rotatable bonds is 7. The van der Waals surface area contributed by atoms with Crippen LogP contribution in [0.5, 0.6) is 0 Å². The highest BCUT2D eigenvalue weighted by Gasteiger charge is 2.09. The summed E-state index contributed by atoms with van der Waals surface area (Å²) in [5, 5.41) is 6.82. The molecule has 0 aliphatic rings. The summed E-state index contributed by atoms with van der Waals surface area (Å²) in [5.41, 5.74) is 0.946. The molecule has 8 heteroatoms. The van der Waals surface area contributed by atoms with Crippen LogP contribution in [0.25, 0.3) is 0 Å². The molecule has 0 aliphatic heterocycles. The quantitative estimate of drug-likeness (QED) is 0.735. The van der Waals surface area contributed by atoms with Crippen LogP contribution >= 0.6 is 23.2 Å². The minimum absolute atomic E-state index is 0.233. The number of aromatic nitrogens is 2. The fourth-order valence-electron chi connectivity index (χ4n) is 1.99. The molecular weight excluding hydrogens is 349 g/mol. The van der Waals surface area contributed by atoms with Crippen LogP contribution in [0, 0.1) is 0 Å². The Balaban J connectivity index is 1.99. The molecular formula is C16H19Cl2N5O. The normalized spacial score (nSPS) is 10.7. The number of carbonyl (C=O) groups excluding carboxylic acids is 1. The summed E-state index contributed by atoms with van der Waals surface area (Å²) >= 11 is 11.9. The number of anilines is 2. The molecule has 0 spiro atoms. The predicted molar refractivity (Wildman–Crippen MR) is 97.3 cm³/mol. The largest absolute Gasteiger partial charge is 0.351 e. The maximum atomic E-state index is 12.1. The fraction of sp³-hybridized carbons (Fsp3) is 0.312. The van der Waals surface area contributed by atoms with Crippen molar-refractivity contribution in [1.82, 2.24) is 20.2 Å². The zero-order valence-electron chi connectivity index (χ0n) is 13.5. The molecule has 1 aromatic heterocycles. The van der Waals surface area contributed by atoms with E-state index in [2.05, 4.69) is 25.5 Å². The van der Waals surface area contributed by atoms with E-state index in [0.29, 0.717) is 33.9 Å². The number of benzene rings is 1. The molecule has 0 radical (unpaired) electrons. The van der Waals surface area contributed by atoms with Crippen LogP contribution in [0.3, 0.4) is 0 Å². The summed E-state index contributed by atoms with van der Waals surface area (Å²) in [6.07, 6.45) is 2.40. The topological polar surface area (TPSA) is 70.2 Å². The summed E-state index contributed by atoms with van der Waals surface area (Å²) in [7, 11) is 3.98. The van der Waals surface area contributed by atoms with Crippen molar-refractivity contribution in [3.8, 4) is 0 Å². The van der Waals surface area contributed by atoms with E-state index in [-0.39, 0.29) is 5.91 Å². The average molecular weight is 368 g/mol. The summed E-state index contributed by atoms with van der Waals surface area (Å²) in [6.45, 7) is 1.50. The Morgan fingerprint density at radius 2 is 1.92 bits per heavy atom. The third-order valence-electron chi connectivity index (χ3n) is 3.07. The van der Waals surface area contributed by atoms with Crippen molar-refractivity contribution in [2.24, 2.45) is 0 Å². The van der Waals surface area contributed by atoms with Crippen LogP contribution in [0.2, 0.25) is 10.0 Å². The third kappa shape index (κ3) is 5.96. The van der Waals surface area contributed by atoms with Crippen LogP contribution in [0.1, 0.15) is 16.9 Å². The van der Waals surface area contributed by atoms with Gasteiger partial charge in [-0.15, -0.1) is 0 Å². The second kappa shape index (κ2) is 8.82. The minimum atomic E-state index is -0.233. The molecule has 0 saturated heterocycles. The van der Waals surface area contributed by atoms with Gasteiger partial charge in [-0.25, -0.2) is 9.97 Å². The van der Waals surface area contributed by atoms with Crippen LogP contribution in [0.15, 0.2) is 30.5 Å². The van der Waals surface area contributed by atoms with Gasteiger partial charge in [0, 0.05) is 28.5 Å². The monoisotopic (exact) mass is 367 g/mol. The van der Waals surface area contributed by atoms with Gasteiger partial charge in [0.1, 0.15) is 5.69 Å². The lowest BCUT2D eigenvalue weighted by molar-refractivity contribution is 0.0947. The lowest BCUT2D eigenvalue weighted by atomic mass is 10.3. The second-order valence-electron chi connectivity index (χ2n) is 5.46. The highest BCUT2D eigenvalue weighted by atomic mass is 35.5. The first-order valence-electron chi connectivity index (χ1n) is 7.43. The zero-order valence-corrected chi connectivity index (χ0v) is 15.0. The number of halogens is 2. The van der Waals surface area contributed by atoms with Crippen LogP contribution in [-0.2, 0) is 0 Å². The lowest BCUT2D eigenvalue weighted by Gasteiger charge is -2.10. The standard InChI is InChI=1S/C16H19Cl2N5O/c1-23(2)7-3-5-19-15(24)14-4-6-20-16(22-14)21-13-9-11(17)8-12(18)10-13/h4,6,8-10H,3,5,7H2,1-2H3,(H,19,24)(H,20,21,22). The number of nitrogens with zero attached hydrogens (tertiary/aromatic N) is 3. The molecule has 0 unspecified atom stereocenters. The Kier molecular flexibility index (Phi) is 6.78. The van der Waals surface area contributed by atoms with Crippen molar-refractivity contribution >= 4 is 40.7 Å². The molecule has 1 heterocycles. The van der Waals surface area contributed by atoms with Crippen molar-refractivity contribution in [1.29, 1.82) is 0 Å². The highest BCUT2D eigenvalue weighted by molar-refractivity contribution is 6.35. The molecule has 0 atom stereocenters. The maximum absolute atomic E-state index is 12.1. The summed E-state index contributed by atoms with van der Waals surface area (Å²) in [4.78, 5) is 22.5. The van der Waals surface area contributed by atoms with Crippen LogP contribution in [-0.4, -0.2) is 48.0 Å². The van der Waals surface area contributed by atoms with E-state index in [4.69, 9.17) is 23.2 Å². The molecule has 1 amide bonds. The Morgan fingerprint density at radius 3 is 2.58 bits per heavy atom. The molecule has 24 heavy (non-hydrogen) atoms. The number of hydrogen-bond donors (Lipinski definition) is 2. The van der Waals surface area contributed by atoms with Gasteiger partial charge in [-0.05, 0) is 51.3 Å². The van der Waals surface area contributed by atoms with Crippen molar-refractivity contribution in [3.63, 3.8) is 0 Å². The molecule has 2 N–H and O–H groups in total. The highest BCUT2D eigenvalue weighted by Crippen LogP contribution is 2.24. The van der Waals surface area contributed by atoms with Crippen molar-refractivity contribution < 1.29 is 4.79 Å².